The summed E-state index contributed by atoms with van der Waals surface area (Å²) in [7, 11) is 3.25. The van der Waals surface area contributed by atoms with Crippen LogP contribution in [0.3, 0.4) is 0 Å². The van der Waals surface area contributed by atoms with E-state index >= 15 is 0 Å². The van der Waals surface area contributed by atoms with Gasteiger partial charge in [-0.25, -0.2) is 0 Å². The molecule has 0 N–H and O–H groups in total. The molecule has 4 aromatic rings. The quantitative estimate of drug-likeness (QED) is 0.0563. The number of hydrogen-bond donors (Lipinski definition) is 0. The lowest BCUT2D eigenvalue weighted by atomic mass is 9.99. The van der Waals surface area contributed by atoms with Gasteiger partial charge in [0.15, 0.2) is 0 Å². The minimum atomic E-state index is -4.70. The fourth-order valence-electron chi connectivity index (χ4n) is 4.34. The molecule has 1 atom stereocenters. The van der Waals surface area contributed by atoms with Crippen LogP contribution >= 0.6 is 0 Å². The normalized spacial score (nSPS) is 13.0. The number of benzene rings is 4. The van der Waals surface area contributed by atoms with E-state index < -0.39 is 60.3 Å². The molecule has 0 bridgehead atoms. The summed E-state index contributed by atoms with van der Waals surface area (Å²) in [5, 5.41) is 0. The molecule has 0 heterocycles. The molecule has 0 fully saturated rings. The van der Waals surface area contributed by atoms with Gasteiger partial charge in [-0.2, -0.15) is 83.0 Å². The average molecular weight is 737 g/mol. The monoisotopic (exact) mass is 737 g/mol. The maximum Gasteiger partial charge on any atom is 0.864 e. The van der Waals surface area contributed by atoms with Crippen molar-refractivity contribution in [3.8, 4) is 17.2 Å². The Morgan fingerprint density at radius 3 is 1.27 bits per heavy atom. The Bertz CT molecular complexity index is 1660. The Morgan fingerprint density at radius 1 is 0.569 bits per heavy atom. The third-order valence-corrected chi connectivity index (χ3v) is 6.81. The van der Waals surface area contributed by atoms with Crippen molar-refractivity contribution in [2.45, 2.75) is 30.7 Å². The van der Waals surface area contributed by atoms with E-state index in [4.69, 9.17) is 14.0 Å². The van der Waals surface area contributed by atoms with Crippen molar-refractivity contribution in [3.63, 3.8) is 0 Å². The van der Waals surface area contributed by atoms with Gasteiger partial charge in [0.25, 0.3) is 0 Å². The third-order valence-electron chi connectivity index (χ3n) is 6.81. The molecule has 0 aliphatic carbocycles. The highest BCUT2D eigenvalue weighted by molar-refractivity contribution is 6.39. The summed E-state index contributed by atoms with van der Waals surface area (Å²) in [6, 6.07) is 15.6. The molecule has 0 amide bonds. The highest BCUT2D eigenvalue weighted by Gasteiger charge is 2.38. The Labute approximate surface area is 285 Å². The lowest BCUT2D eigenvalue weighted by Crippen LogP contribution is -2.40. The molecule has 1 unspecified atom stereocenters. The molecule has 51 heavy (non-hydrogen) atoms. The zero-order valence-corrected chi connectivity index (χ0v) is 26.8. The van der Waals surface area contributed by atoms with Crippen molar-refractivity contribution < 1.29 is 71.1 Å². The Balaban J connectivity index is 0.000000602. The van der Waals surface area contributed by atoms with Crippen LogP contribution in [0.5, 0.6) is 17.2 Å². The van der Waals surface area contributed by atoms with Gasteiger partial charge in [0.1, 0.15) is 23.3 Å². The molecule has 0 aromatic heterocycles. The van der Waals surface area contributed by atoms with E-state index in [9.17, 15) is 52.7 Å². The predicted molar refractivity (Wildman–Crippen MR) is 163 cm³/mol. The van der Waals surface area contributed by atoms with E-state index in [-0.39, 0.29) is 27.3 Å². The molecule has 0 saturated carbocycles. The number of alkyl halides is 12. The highest BCUT2D eigenvalue weighted by Crippen LogP contribution is 2.39. The zero-order chi connectivity index (χ0) is 38.4. The largest absolute Gasteiger partial charge is 0.864 e. The fraction of sp³-hybridized carbons (Fsp3) is 0.235. The van der Waals surface area contributed by atoms with Gasteiger partial charge in [0, 0.05) is 0 Å². The smallest absolute Gasteiger partial charge is 0.490 e. The SMILES string of the molecule is C=CC(c1cc(C(F)(F)F)ccc1OB(Oc1ccc(C(F)(F)F)cc1)Oc1ccc(C(F)(F)F)cc1)[N+](C)(C)C.FC(F)(F)c1cc[c-]cc1. The summed E-state index contributed by atoms with van der Waals surface area (Å²) in [6.07, 6.45) is -16.8. The summed E-state index contributed by atoms with van der Waals surface area (Å²) in [6.45, 7) is 3.71. The van der Waals surface area contributed by atoms with Crippen LogP contribution < -0.4 is 14.0 Å². The second-order valence-electron chi connectivity index (χ2n) is 11.5. The van der Waals surface area contributed by atoms with E-state index in [0.717, 1.165) is 78.9 Å². The van der Waals surface area contributed by atoms with E-state index in [0.29, 0.717) is 0 Å². The van der Waals surface area contributed by atoms with E-state index in [2.05, 4.69) is 12.6 Å². The zero-order valence-electron chi connectivity index (χ0n) is 26.8. The van der Waals surface area contributed by atoms with Gasteiger partial charge in [0.05, 0.1) is 43.4 Å². The third kappa shape index (κ3) is 11.9. The Hall–Kier alpha value is -4.80. The molecular weight excluding hydrogens is 709 g/mol. The van der Waals surface area contributed by atoms with Crippen molar-refractivity contribution in [3.05, 3.63) is 138 Å². The van der Waals surface area contributed by atoms with Gasteiger partial charge >= 0.3 is 32.0 Å². The molecular formula is C34H28BF12NO3. The van der Waals surface area contributed by atoms with Crippen LogP contribution in [-0.2, 0) is 24.7 Å². The summed E-state index contributed by atoms with van der Waals surface area (Å²) < 4.78 is 171. The van der Waals surface area contributed by atoms with Crippen molar-refractivity contribution in [2.75, 3.05) is 21.1 Å². The van der Waals surface area contributed by atoms with E-state index in [1.165, 1.54) is 18.2 Å². The van der Waals surface area contributed by atoms with Gasteiger partial charge in [-0.1, -0.05) is 12.1 Å². The molecule has 17 heteroatoms. The molecule has 4 aromatic carbocycles. The first-order valence-electron chi connectivity index (χ1n) is 14.4. The highest BCUT2D eigenvalue weighted by atomic mass is 19.4. The standard InChI is InChI=1S/C27H24BF9NO3.C7H4F3/c1-5-23(38(2,3)4)22-16-19(27(35,36)37)10-15-24(22)41-28(39-20-11-6-17(7-12-20)25(29,30)31)40-21-13-8-18(9-14-21)26(32,33)34;8-7(9,10)6-4-2-1-3-5-6/h5-16,23H,1H2,2-4H3;2-5H/q+1;-1. The van der Waals surface area contributed by atoms with Gasteiger partial charge in [-0.05, 0) is 72.8 Å². The maximum atomic E-state index is 13.6. The first kappa shape index (κ1) is 40.6. The molecule has 274 valence electrons. The summed E-state index contributed by atoms with van der Waals surface area (Å²) in [5.74, 6) is -0.523. The lowest BCUT2D eigenvalue weighted by molar-refractivity contribution is -0.895. The van der Waals surface area contributed by atoms with E-state index in [1.54, 1.807) is 21.1 Å². The summed E-state index contributed by atoms with van der Waals surface area (Å²) in [5.41, 5.74) is -3.55. The molecule has 4 nitrogen and oxygen atoms in total. The Kier molecular flexibility index (Phi) is 12.4. The maximum absolute atomic E-state index is 13.6. The van der Waals surface area contributed by atoms with Crippen LogP contribution in [0, 0.1) is 6.07 Å². The van der Waals surface area contributed by atoms with Crippen molar-refractivity contribution >= 4 is 7.32 Å². The number of halogens is 12. The van der Waals surface area contributed by atoms with Crippen molar-refractivity contribution in [1.82, 2.24) is 0 Å². The lowest BCUT2D eigenvalue weighted by Gasteiger charge is -2.33. The topological polar surface area (TPSA) is 27.7 Å². The first-order valence-corrected chi connectivity index (χ1v) is 14.4. The van der Waals surface area contributed by atoms with Gasteiger partial charge in [-0.15, -0.1) is 0 Å². The number of rotatable bonds is 9. The van der Waals surface area contributed by atoms with Crippen LogP contribution in [0.2, 0.25) is 0 Å². The van der Waals surface area contributed by atoms with Crippen LogP contribution in [0.15, 0.2) is 104 Å². The van der Waals surface area contributed by atoms with Crippen LogP contribution in [0.4, 0.5) is 52.7 Å². The second-order valence-corrected chi connectivity index (χ2v) is 11.5. The molecule has 0 saturated heterocycles. The number of nitrogens with zero attached hydrogens (tertiary/aromatic N) is 1. The van der Waals surface area contributed by atoms with Crippen LogP contribution in [0.1, 0.15) is 33.9 Å². The molecule has 0 radical (unpaired) electrons. The molecule has 4 rings (SSSR count). The summed E-state index contributed by atoms with van der Waals surface area (Å²) in [4.78, 5) is 0. The first-order chi connectivity index (χ1) is 23.4. The minimum absolute atomic E-state index is 0.0272. The number of hydrogen-bond acceptors (Lipinski definition) is 3. The molecule has 0 aliphatic heterocycles. The molecule has 0 aliphatic rings. The second kappa shape index (κ2) is 15.6. The van der Waals surface area contributed by atoms with Crippen LogP contribution in [-0.4, -0.2) is 32.9 Å². The Morgan fingerprint density at radius 2 is 0.941 bits per heavy atom. The van der Waals surface area contributed by atoms with Crippen LogP contribution in [0.25, 0.3) is 0 Å². The molecule has 0 spiro atoms. The number of quaternary nitrogens is 1. The average Bonchev–Trinajstić information content (AvgIpc) is 3.01. The predicted octanol–water partition coefficient (Wildman–Crippen LogP) is 10.7. The van der Waals surface area contributed by atoms with E-state index in [1.807, 2.05) is 0 Å². The van der Waals surface area contributed by atoms with Gasteiger partial charge in [-0.3, -0.25) is 0 Å². The van der Waals surface area contributed by atoms with Gasteiger partial charge in [0.2, 0.25) is 0 Å². The van der Waals surface area contributed by atoms with Crippen molar-refractivity contribution in [1.29, 1.82) is 0 Å². The summed E-state index contributed by atoms with van der Waals surface area (Å²) >= 11 is 0. The van der Waals surface area contributed by atoms with Crippen molar-refractivity contribution in [2.24, 2.45) is 0 Å². The minimum Gasteiger partial charge on any atom is -0.490 e. The van der Waals surface area contributed by atoms with Gasteiger partial charge < -0.3 is 18.4 Å². The number of likely N-dealkylation sites (N-methyl/N-ethyl adjacent to an activating group) is 1. The fourth-order valence-corrected chi connectivity index (χ4v) is 4.34.